The van der Waals surface area contributed by atoms with Crippen LogP contribution in [0.3, 0.4) is 0 Å². The molecule has 0 heterocycles. The highest BCUT2D eigenvalue weighted by Gasteiger charge is 2.16. The maximum absolute atomic E-state index is 14.1. The van der Waals surface area contributed by atoms with E-state index in [4.69, 9.17) is 16.2 Å². The van der Waals surface area contributed by atoms with E-state index in [-0.39, 0.29) is 11.7 Å². The van der Waals surface area contributed by atoms with E-state index in [1.54, 1.807) is 12.1 Å². The molecule has 0 aromatic heterocycles. The van der Waals surface area contributed by atoms with Crippen LogP contribution in [0, 0.1) is 5.82 Å². The lowest BCUT2D eigenvalue weighted by Crippen LogP contribution is -2.17. The lowest BCUT2D eigenvalue weighted by Gasteiger charge is -2.17. The zero-order valence-corrected chi connectivity index (χ0v) is 12.0. The Labute approximate surface area is 124 Å². The van der Waals surface area contributed by atoms with Crippen molar-refractivity contribution in [3.05, 3.63) is 65.5 Å². The predicted octanol–water partition coefficient (Wildman–Crippen LogP) is 2.45. The molecule has 1 atom stereocenters. The minimum atomic E-state index is -0.249. The Morgan fingerprint density at radius 1 is 1.05 bits per heavy atom. The molecule has 0 bridgehead atoms. The normalized spacial score (nSPS) is 12.1. The van der Waals surface area contributed by atoms with Gasteiger partial charge in [-0.05, 0) is 42.3 Å². The van der Waals surface area contributed by atoms with Crippen LogP contribution in [0.5, 0.6) is 5.75 Å². The molecule has 2 aromatic carbocycles. The third-order valence-electron chi connectivity index (χ3n) is 3.40. The zero-order valence-electron chi connectivity index (χ0n) is 12.0. The average Bonchev–Trinajstić information content (AvgIpc) is 2.53. The predicted molar refractivity (Wildman–Crippen MR) is 82.9 cm³/mol. The van der Waals surface area contributed by atoms with Crippen LogP contribution >= 0.6 is 0 Å². The molecular weight excluding hydrogens is 267 g/mol. The summed E-state index contributed by atoms with van der Waals surface area (Å²) < 4.78 is 19.6. The molecule has 0 aliphatic heterocycles. The minimum Gasteiger partial charge on any atom is -0.492 e. The van der Waals surface area contributed by atoms with Crippen LogP contribution in [0.25, 0.3) is 0 Å². The molecule has 2 rings (SSSR count). The molecule has 0 spiro atoms. The number of hydrogen-bond acceptors (Lipinski definition) is 3. The summed E-state index contributed by atoms with van der Waals surface area (Å²) in [5, 5.41) is 0. The summed E-state index contributed by atoms with van der Waals surface area (Å²) in [7, 11) is 0. The fourth-order valence-corrected chi connectivity index (χ4v) is 2.32. The summed E-state index contributed by atoms with van der Waals surface area (Å²) in [5.41, 5.74) is 13.0. The van der Waals surface area contributed by atoms with Gasteiger partial charge >= 0.3 is 0 Å². The fourth-order valence-electron chi connectivity index (χ4n) is 2.32. The van der Waals surface area contributed by atoms with Gasteiger partial charge in [0.1, 0.15) is 18.2 Å². The first kappa shape index (κ1) is 15.5. The molecule has 0 saturated heterocycles. The molecule has 0 aliphatic carbocycles. The van der Waals surface area contributed by atoms with Gasteiger partial charge in [0.2, 0.25) is 0 Å². The monoisotopic (exact) mass is 288 g/mol. The molecule has 4 heteroatoms. The zero-order chi connectivity index (χ0) is 15.1. The molecule has 0 saturated carbocycles. The highest BCUT2D eigenvalue weighted by Crippen LogP contribution is 2.26. The summed E-state index contributed by atoms with van der Waals surface area (Å²) in [4.78, 5) is 0. The van der Waals surface area contributed by atoms with E-state index in [2.05, 4.69) is 0 Å². The maximum Gasteiger partial charge on any atom is 0.127 e. The Morgan fingerprint density at radius 2 is 1.81 bits per heavy atom. The van der Waals surface area contributed by atoms with Crippen molar-refractivity contribution >= 4 is 0 Å². The van der Waals surface area contributed by atoms with Gasteiger partial charge in [-0.25, -0.2) is 4.39 Å². The summed E-state index contributed by atoms with van der Waals surface area (Å²) >= 11 is 0. The van der Waals surface area contributed by atoms with Gasteiger partial charge in [0.25, 0.3) is 0 Å². The quantitative estimate of drug-likeness (QED) is 0.822. The van der Waals surface area contributed by atoms with Crippen LogP contribution < -0.4 is 16.2 Å². The van der Waals surface area contributed by atoms with Gasteiger partial charge in [-0.15, -0.1) is 0 Å². The maximum atomic E-state index is 14.1. The number of ether oxygens (including phenoxy) is 1. The topological polar surface area (TPSA) is 61.3 Å². The van der Waals surface area contributed by atoms with Gasteiger partial charge in [0.05, 0.1) is 0 Å². The molecule has 3 nitrogen and oxygen atoms in total. The Kier molecular flexibility index (Phi) is 5.72. The van der Waals surface area contributed by atoms with Crippen LogP contribution in [0.4, 0.5) is 4.39 Å². The number of hydrogen-bond donors (Lipinski definition) is 2. The summed E-state index contributed by atoms with van der Waals surface area (Å²) in [5.74, 6) is 0.304. The van der Waals surface area contributed by atoms with Gasteiger partial charge in [-0.1, -0.05) is 30.3 Å². The molecule has 0 fully saturated rings. The van der Waals surface area contributed by atoms with Crippen molar-refractivity contribution in [2.24, 2.45) is 11.5 Å². The Morgan fingerprint density at radius 3 is 2.48 bits per heavy atom. The van der Waals surface area contributed by atoms with E-state index in [0.29, 0.717) is 37.4 Å². The molecule has 4 N–H and O–H groups in total. The SMILES string of the molecule is NCCOc1ccc(F)c(C(CN)Cc2ccccc2)c1. The van der Waals surface area contributed by atoms with Crippen LogP contribution in [-0.4, -0.2) is 19.7 Å². The first-order valence-corrected chi connectivity index (χ1v) is 7.11. The van der Waals surface area contributed by atoms with Gasteiger partial charge in [-0.3, -0.25) is 0 Å². The lowest BCUT2D eigenvalue weighted by atomic mass is 9.91. The Balaban J connectivity index is 2.20. The molecule has 0 amide bonds. The van der Waals surface area contributed by atoms with Crippen molar-refractivity contribution in [3.8, 4) is 5.75 Å². The summed E-state index contributed by atoms with van der Waals surface area (Å²) in [6, 6.07) is 14.7. The van der Waals surface area contributed by atoms with Crippen molar-refractivity contribution in [3.63, 3.8) is 0 Å². The first-order valence-electron chi connectivity index (χ1n) is 7.11. The molecule has 112 valence electrons. The summed E-state index contributed by atoms with van der Waals surface area (Å²) in [6.07, 6.45) is 0.703. The fraction of sp³-hybridized carbons (Fsp3) is 0.294. The number of halogens is 1. The van der Waals surface area contributed by atoms with Crippen molar-refractivity contribution in [1.82, 2.24) is 0 Å². The molecule has 21 heavy (non-hydrogen) atoms. The number of benzene rings is 2. The lowest BCUT2D eigenvalue weighted by molar-refractivity contribution is 0.327. The van der Waals surface area contributed by atoms with Crippen molar-refractivity contribution in [2.75, 3.05) is 19.7 Å². The largest absolute Gasteiger partial charge is 0.492 e. The van der Waals surface area contributed by atoms with Gasteiger partial charge < -0.3 is 16.2 Å². The van der Waals surface area contributed by atoms with Crippen LogP contribution in [0.15, 0.2) is 48.5 Å². The van der Waals surface area contributed by atoms with Gasteiger partial charge in [0, 0.05) is 12.5 Å². The van der Waals surface area contributed by atoms with Gasteiger partial charge in [-0.2, -0.15) is 0 Å². The summed E-state index contributed by atoms with van der Waals surface area (Å²) in [6.45, 7) is 1.22. The van der Waals surface area contributed by atoms with Crippen LogP contribution in [-0.2, 0) is 6.42 Å². The van der Waals surface area contributed by atoms with Crippen molar-refractivity contribution in [1.29, 1.82) is 0 Å². The molecular formula is C17H21FN2O. The third-order valence-corrected chi connectivity index (χ3v) is 3.40. The smallest absolute Gasteiger partial charge is 0.127 e. The number of rotatable bonds is 7. The van der Waals surface area contributed by atoms with Crippen LogP contribution in [0.1, 0.15) is 17.0 Å². The van der Waals surface area contributed by atoms with Crippen molar-refractivity contribution < 1.29 is 9.13 Å². The van der Waals surface area contributed by atoms with E-state index >= 15 is 0 Å². The Bertz CT molecular complexity index is 560. The van der Waals surface area contributed by atoms with E-state index in [0.717, 1.165) is 5.56 Å². The van der Waals surface area contributed by atoms with E-state index in [1.807, 2.05) is 30.3 Å². The van der Waals surface area contributed by atoms with Crippen molar-refractivity contribution in [2.45, 2.75) is 12.3 Å². The van der Waals surface area contributed by atoms with Gasteiger partial charge in [0.15, 0.2) is 0 Å². The highest BCUT2D eigenvalue weighted by molar-refractivity contribution is 5.34. The average molecular weight is 288 g/mol. The molecule has 0 aliphatic rings. The second-order valence-corrected chi connectivity index (χ2v) is 4.94. The van der Waals surface area contributed by atoms with Crippen LogP contribution in [0.2, 0.25) is 0 Å². The second kappa shape index (κ2) is 7.76. The minimum absolute atomic E-state index is 0.0752. The molecule has 2 aromatic rings. The highest BCUT2D eigenvalue weighted by atomic mass is 19.1. The first-order chi connectivity index (χ1) is 10.2. The van der Waals surface area contributed by atoms with E-state index in [9.17, 15) is 4.39 Å². The third kappa shape index (κ3) is 4.28. The molecule has 0 radical (unpaired) electrons. The molecule has 1 unspecified atom stereocenters. The standard InChI is InChI=1S/C17H21FN2O/c18-17-7-6-15(21-9-8-19)11-16(17)14(12-20)10-13-4-2-1-3-5-13/h1-7,11,14H,8-10,12,19-20H2. The van der Waals surface area contributed by atoms with E-state index in [1.165, 1.54) is 6.07 Å². The Hall–Kier alpha value is -1.91. The second-order valence-electron chi connectivity index (χ2n) is 4.94. The van der Waals surface area contributed by atoms with E-state index < -0.39 is 0 Å². The number of nitrogens with two attached hydrogens (primary N) is 2.